The number of amides is 1. The minimum atomic E-state index is 0.0926. The monoisotopic (exact) mass is 307 g/mol. The Morgan fingerprint density at radius 2 is 2.05 bits per heavy atom. The summed E-state index contributed by atoms with van der Waals surface area (Å²) < 4.78 is 1.65. The Bertz CT molecular complexity index is 636. The van der Waals surface area contributed by atoms with Crippen LogP contribution < -0.4 is 5.73 Å². The standard InChI is InChI=1S/C14H18ClN5O/c1-18-2-4-19(5-3-18)14(21)9-20-8-10-6-12(16)11(15)7-13(10)17-20/h6-8H,2-5,9,16H2,1H3. The number of hydrogen-bond donors (Lipinski definition) is 1. The predicted molar refractivity (Wildman–Crippen MR) is 83.2 cm³/mol. The van der Waals surface area contributed by atoms with Crippen LogP contribution in [0.3, 0.4) is 0 Å². The molecular weight excluding hydrogens is 290 g/mol. The molecule has 1 aliphatic heterocycles. The maximum atomic E-state index is 12.3. The van der Waals surface area contributed by atoms with E-state index in [0.29, 0.717) is 10.7 Å². The Morgan fingerprint density at radius 1 is 1.33 bits per heavy atom. The number of carbonyl (C=O) groups is 1. The molecule has 1 aliphatic rings. The molecule has 2 heterocycles. The first-order valence-corrected chi connectivity index (χ1v) is 7.29. The number of nitrogens with two attached hydrogens (primary N) is 1. The lowest BCUT2D eigenvalue weighted by Crippen LogP contribution is -2.48. The number of nitrogen functional groups attached to an aromatic ring is 1. The van der Waals surface area contributed by atoms with E-state index in [1.54, 1.807) is 16.8 Å². The van der Waals surface area contributed by atoms with Gasteiger partial charge in [-0.25, -0.2) is 0 Å². The van der Waals surface area contributed by atoms with Crippen LogP contribution in [0.2, 0.25) is 5.02 Å². The molecule has 7 heteroatoms. The largest absolute Gasteiger partial charge is 0.398 e. The van der Waals surface area contributed by atoms with Gasteiger partial charge in [-0.05, 0) is 19.2 Å². The first-order valence-electron chi connectivity index (χ1n) is 6.91. The Balaban J connectivity index is 1.74. The zero-order chi connectivity index (χ0) is 15.0. The van der Waals surface area contributed by atoms with Gasteiger partial charge in [0, 0.05) is 37.8 Å². The third-order valence-electron chi connectivity index (χ3n) is 3.82. The number of benzene rings is 1. The summed E-state index contributed by atoms with van der Waals surface area (Å²) in [5.74, 6) is 0.0926. The van der Waals surface area contributed by atoms with E-state index in [4.69, 9.17) is 17.3 Å². The van der Waals surface area contributed by atoms with E-state index in [1.165, 1.54) is 0 Å². The molecule has 1 fully saturated rings. The lowest BCUT2D eigenvalue weighted by molar-refractivity contribution is -0.133. The Kier molecular flexibility index (Phi) is 3.73. The van der Waals surface area contributed by atoms with Gasteiger partial charge >= 0.3 is 0 Å². The van der Waals surface area contributed by atoms with Crippen molar-refractivity contribution in [2.45, 2.75) is 6.54 Å². The van der Waals surface area contributed by atoms with Gasteiger partial charge in [-0.15, -0.1) is 0 Å². The second kappa shape index (κ2) is 5.54. The summed E-state index contributed by atoms with van der Waals surface area (Å²) in [5.41, 5.74) is 7.05. The Morgan fingerprint density at radius 3 is 2.76 bits per heavy atom. The van der Waals surface area contributed by atoms with E-state index < -0.39 is 0 Å². The van der Waals surface area contributed by atoms with Crippen LogP contribution in [0.1, 0.15) is 0 Å². The molecule has 1 aromatic heterocycles. The molecule has 2 aromatic rings. The summed E-state index contributed by atoms with van der Waals surface area (Å²) in [6, 6.07) is 3.50. The van der Waals surface area contributed by atoms with Crippen LogP contribution in [0, 0.1) is 0 Å². The van der Waals surface area contributed by atoms with Crippen molar-refractivity contribution in [2.24, 2.45) is 0 Å². The number of rotatable bonds is 2. The average Bonchev–Trinajstić information content (AvgIpc) is 2.81. The summed E-state index contributed by atoms with van der Waals surface area (Å²) in [4.78, 5) is 16.4. The maximum Gasteiger partial charge on any atom is 0.244 e. The number of aromatic nitrogens is 2. The van der Waals surface area contributed by atoms with Crippen LogP contribution in [-0.2, 0) is 11.3 Å². The number of hydrogen-bond acceptors (Lipinski definition) is 4. The molecule has 3 rings (SSSR count). The van der Waals surface area contributed by atoms with Gasteiger partial charge in [-0.2, -0.15) is 5.10 Å². The molecule has 0 saturated carbocycles. The van der Waals surface area contributed by atoms with Crippen LogP contribution in [0.5, 0.6) is 0 Å². The molecule has 0 atom stereocenters. The molecule has 2 N–H and O–H groups in total. The molecule has 0 spiro atoms. The van der Waals surface area contributed by atoms with E-state index >= 15 is 0 Å². The summed E-state index contributed by atoms with van der Waals surface area (Å²) >= 11 is 5.98. The Hall–Kier alpha value is -1.79. The molecule has 0 unspecified atom stereocenters. The third kappa shape index (κ3) is 2.96. The van der Waals surface area contributed by atoms with E-state index in [0.717, 1.165) is 37.1 Å². The van der Waals surface area contributed by atoms with Crippen LogP contribution >= 0.6 is 11.6 Å². The van der Waals surface area contributed by atoms with Crippen molar-refractivity contribution in [3.05, 3.63) is 23.4 Å². The molecule has 0 radical (unpaired) electrons. The summed E-state index contributed by atoms with van der Waals surface area (Å²) in [6.45, 7) is 3.62. The van der Waals surface area contributed by atoms with Crippen LogP contribution in [0.25, 0.3) is 10.9 Å². The predicted octanol–water partition coefficient (Wildman–Crippen LogP) is 1.05. The number of piperazine rings is 1. The number of nitrogens with zero attached hydrogens (tertiary/aromatic N) is 4. The molecule has 0 bridgehead atoms. The third-order valence-corrected chi connectivity index (χ3v) is 4.15. The van der Waals surface area contributed by atoms with Gasteiger partial charge < -0.3 is 15.5 Å². The number of anilines is 1. The summed E-state index contributed by atoms with van der Waals surface area (Å²) in [7, 11) is 2.07. The molecule has 1 aromatic carbocycles. The molecule has 1 amide bonds. The number of likely N-dealkylation sites (N-methyl/N-ethyl adjacent to an activating group) is 1. The molecule has 0 aliphatic carbocycles. The number of halogens is 1. The zero-order valence-electron chi connectivity index (χ0n) is 11.9. The minimum absolute atomic E-state index is 0.0926. The quantitative estimate of drug-likeness (QED) is 0.842. The van der Waals surface area contributed by atoms with Crippen molar-refractivity contribution in [2.75, 3.05) is 39.0 Å². The second-order valence-corrected chi connectivity index (χ2v) is 5.85. The molecule has 1 saturated heterocycles. The molecular formula is C14H18ClN5O. The summed E-state index contributed by atoms with van der Waals surface area (Å²) in [5, 5.41) is 5.76. The number of fused-ring (bicyclic) bond motifs is 1. The fourth-order valence-corrected chi connectivity index (χ4v) is 2.65. The van der Waals surface area contributed by atoms with Gasteiger partial charge in [0.25, 0.3) is 0 Å². The van der Waals surface area contributed by atoms with Gasteiger partial charge in [-0.1, -0.05) is 11.6 Å². The van der Waals surface area contributed by atoms with Gasteiger partial charge in [0.1, 0.15) is 6.54 Å². The van der Waals surface area contributed by atoms with Crippen molar-refractivity contribution in [1.82, 2.24) is 19.6 Å². The van der Waals surface area contributed by atoms with Crippen molar-refractivity contribution >= 4 is 34.1 Å². The highest BCUT2D eigenvalue weighted by Gasteiger charge is 2.19. The van der Waals surface area contributed by atoms with Crippen LogP contribution in [-0.4, -0.2) is 58.7 Å². The van der Waals surface area contributed by atoms with Crippen molar-refractivity contribution < 1.29 is 4.79 Å². The lowest BCUT2D eigenvalue weighted by atomic mass is 10.2. The zero-order valence-corrected chi connectivity index (χ0v) is 12.7. The van der Waals surface area contributed by atoms with Crippen molar-refractivity contribution in [3.63, 3.8) is 0 Å². The van der Waals surface area contributed by atoms with E-state index in [1.807, 2.05) is 11.1 Å². The van der Waals surface area contributed by atoms with Crippen LogP contribution in [0.4, 0.5) is 5.69 Å². The molecule has 6 nitrogen and oxygen atoms in total. The lowest BCUT2D eigenvalue weighted by Gasteiger charge is -2.32. The number of carbonyl (C=O) groups excluding carboxylic acids is 1. The smallest absolute Gasteiger partial charge is 0.244 e. The normalized spacial score (nSPS) is 16.6. The van der Waals surface area contributed by atoms with Gasteiger partial charge in [0.05, 0.1) is 16.2 Å². The summed E-state index contributed by atoms with van der Waals surface area (Å²) in [6.07, 6.45) is 1.83. The molecule has 21 heavy (non-hydrogen) atoms. The van der Waals surface area contributed by atoms with Gasteiger partial charge in [-0.3, -0.25) is 9.48 Å². The highest BCUT2D eigenvalue weighted by molar-refractivity contribution is 6.33. The van der Waals surface area contributed by atoms with Gasteiger partial charge in [0.15, 0.2) is 0 Å². The molecule has 112 valence electrons. The average molecular weight is 308 g/mol. The fourth-order valence-electron chi connectivity index (χ4n) is 2.49. The van der Waals surface area contributed by atoms with Crippen molar-refractivity contribution in [3.8, 4) is 0 Å². The Labute approximate surface area is 128 Å². The van der Waals surface area contributed by atoms with Crippen LogP contribution in [0.15, 0.2) is 18.3 Å². The fraction of sp³-hybridized carbons (Fsp3) is 0.429. The first-order chi connectivity index (χ1) is 10.0. The van der Waals surface area contributed by atoms with E-state index in [-0.39, 0.29) is 12.5 Å². The SMILES string of the molecule is CN1CCN(C(=O)Cn2cc3cc(N)c(Cl)cc3n2)CC1. The first kappa shape index (κ1) is 14.2. The van der Waals surface area contributed by atoms with E-state index in [9.17, 15) is 4.79 Å². The van der Waals surface area contributed by atoms with E-state index in [2.05, 4.69) is 17.0 Å². The maximum absolute atomic E-state index is 12.3. The second-order valence-electron chi connectivity index (χ2n) is 5.44. The van der Waals surface area contributed by atoms with Crippen molar-refractivity contribution in [1.29, 1.82) is 0 Å². The minimum Gasteiger partial charge on any atom is -0.398 e. The van der Waals surface area contributed by atoms with Gasteiger partial charge in [0.2, 0.25) is 5.91 Å². The highest BCUT2D eigenvalue weighted by atomic mass is 35.5. The highest BCUT2D eigenvalue weighted by Crippen LogP contribution is 2.24. The topological polar surface area (TPSA) is 67.4 Å².